The van der Waals surface area contributed by atoms with Crippen molar-refractivity contribution < 1.29 is 13.2 Å². The molecule has 0 saturated heterocycles. The zero-order chi connectivity index (χ0) is 20.8. The van der Waals surface area contributed by atoms with Gasteiger partial charge in [-0.1, -0.05) is 6.07 Å². The first kappa shape index (κ1) is 19.4. The van der Waals surface area contributed by atoms with Crippen LogP contribution in [0.3, 0.4) is 0 Å². The lowest BCUT2D eigenvalue weighted by molar-refractivity contribution is -0.121. The average molecular weight is 418 g/mol. The quantitative estimate of drug-likeness (QED) is 0.620. The molecule has 1 aliphatic carbocycles. The summed E-state index contributed by atoms with van der Waals surface area (Å²) >= 11 is 0. The van der Waals surface area contributed by atoms with Gasteiger partial charge in [-0.05, 0) is 37.5 Å². The van der Waals surface area contributed by atoms with Gasteiger partial charge in [0.25, 0.3) is 5.56 Å². The molecular formula is C18H22N6O4S. The van der Waals surface area contributed by atoms with Crippen molar-refractivity contribution in [2.45, 2.75) is 43.8 Å². The summed E-state index contributed by atoms with van der Waals surface area (Å²) in [6, 6.07) is 4.80. The fourth-order valence-corrected chi connectivity index (χ4v) is 5.06. The third kappa shape index (κ3) is 3.70. The number of anilines is 2. The number of aromatic nitrogens is 2. The Labute approximate surface area is 167 Å². The maximum absolute atomic E-state index is 12.7. The Bertz CT molecular complexity index is 1140. The predicted molar refractivity (Wildman–Crippen MR) is 106 cm³/mol. The standard InChI is InChI=1S/C18H22N6O4S/c1-11-12(2-5-15(19)22-11)8-20-16(25)9-23-7-6-14-17(18(23)26)21-10-24(13-3-4-13)29(14,27)28/h2,5-7,13,21H,3-4,8-10H2,1H3,(H2,19,22)(H,20,25). The molecular weight excluding hydrogens is 396 g/mol. The first-order valence-corrected chi connectivity index (χ1v) is 10.7. The Hall–Kier alpha value is -2.92. The van der Waals surface area contributed by atoms with E-state index in [9.17, 15) is 18.0 Å². The van der Waals surface area contributed by atoms with Crippen LogP contribution in [0.25, 0.3) is 0 Å². The van der Waals surface area contributed by atoms with E-state index in [-0.39, 0.29) is 42.3 Å². The van der Waals surface area contributed by atoms with Crippen LogP contribution in [0.15, 0.2) is 34.1 Å². The number of nitrogens with zero attached hydrogens (tertiary/aromatic N) is 3. The van der Waals surface area contributed by atoms with Crippen LogP contribution < -0.4 is 21.9 Å². The van der Waals surface area contributed by atoms with Crippen LogP contribution in [0, 0.1) is 6.92 Å². The van der Waals surface area contributed by atoms with E-state index in [0.29, 0.717) is 11.5 Å². The Morgan fingerprint density at radius 3 is 2.79 bits per heavy atom. The highest BCUT2D eigenvalue weighted by molar-refractivity contribution is 7.89. The third-order valence-electron chi connectivity index (χ3n) is 5.09. The largest absolute Gasteiger partial charge is 0.384 e. The molecule has 2 aliphatic rings. The van der Waals surface area contributed by atoms with Gasteiger partial charge in [0.1, 0.15) is 22.9 Å². The van der Waals surface area contributed by atoms with E-state index < -0.39 is 15.6 Å². The van der Waals surface area contributed by atoms with Crippen LogP contribution in [0.5, 0.6) is 0 Å². The van der Waals surface area contributed by atoms with Crippen LogP contribution in [-0.2, 0) is 27.9 Å². The topological polar surface area (TPSA) is 139 Å². The summed E-state index contributed by atoms with van der Waals surface area (Å²) in [5.41, 5.74) is 6.62. The van der Waals surface area contributed by atoms with Crippen molar-refractivity contribution >= 4 is 27.4 Å². The number of nitrogens with one attached hydrogen (secondary N) is 2. The van der Waals surface area contributed by atoms with E-state index in [2.05, 4.69) is 15.6 Å². The van der Waals surface area contributed by atoms with Crippen LogP contribution >= 0.6 is 0 Å². The molecule has 11 heteroatoms. The van der Waals surface area contributed by atoms with Crippen LogP contribution in [0.1, 0.15) is 24.1 Å². The number of rotatable bonds is 5. The first-order chi connectivity index (χ1) is 13.8. The van der Waals surface area contributed by atoms with Crippen molar-refractivity contribution in [3.63, 3.8) is 0 Å². The van der Waals surface area contributed by atoms with Gasteiger partial charge in [-0.2, -0.15) is 4.31 Å². The fraction of sp³-hybridized carbons (Fsp3) is 0.389. The highest BCUT2D eigenvalue weighted by Gasteiger charge is 2.42. The van der Waals surface area contributed by atoms with Crippen LogP contribution in [-0.4, -0.2) is 40.9 Å². The van der Waals surface area contributed by atoms with Crippen molar-refractivity contribution in [3.05, 3.63) is 46.0 Å². The summed E-state index contributed by atoms with van der Waals surface area (Å²) in [6.45, 7) is 1.89. The van der Waals surface area contributed by atoms with Crippen LogP contribution in [0.2, 0.25) is 0 Å². The first-order valence-electron chi connectivity index (χ1n) is 9.25. The van der Waals surface area contributed by atoms with E-state index in [1.807, 2.05) is 0 Å². The maximum Gasteiger partial charge on any atom is 0.275 e. The molecule has 0 aromatic carbocycles. The number of aryl methyl sites for hydroxylation is 1. The summed E-state index contributed by atoms with van der Waals surface area (Å²) in [5.74, 6) is 0.0300. The number of nitrogens with two attached hydrogens (primary N) is 1. The second-order valence-corrected chi connectivity index (χ2v) is 9.06. The Kier molecular flexibility index (Phi) is 4.79. The molecule has 3 heterocycles. The summed E-state index contributed by atoms with van der Waals surface area (Å²) < 4.78 is 28.0. The molecule has 0 radical (unpaired) electrons. The van der Waals surface area contributed by atoms with Gasteiger partial charge in [0.05, 0.1) is 6.67 Å². The molecule has 29 heavy (non-hydrogen) atoms. The molecule has 154 valence electrons. The SMILES string of the molecule is Cc1nc(N)ccc1CNC(=O)Cn1ccc2c(c1=O)NCN(C1CC1)S2(=O)=O. The van der Waals surface area contributed by atoms with Gasteiger partial charge in [0, 0.05) is 24.5 Å². The minimum Gasteiger partial charge on any atom is -0.384 e. The molecule has 4 rings (SSSR count). The molecule has 0 bridgehead atoms. The van der Waals surface area contributed by atoms with Gasteiger partial charge in [-0.25, -0.2) is 13.4 Å². The molecule has 1 amide bonds. The molecule has 1 saturated carbocycles. The fourth-order valence-electron chi connectivity index (χ4n) is 3.32. The maximum atomic E-state index is 12.7. The number of sulfonamides is 1. The average Bonchev–Trinajstić information content (AvgIpc) is 3.48. The molecule has 4 N–H and O–H groups in total. The van der Waals surface area contributed by atoms with Crippen LogP contribution in [0.4, 0.5) is 11.5 Å². The number of nitrogen functional groups attached to an aromatic ring is 1. The number of pyridine rings is 2. The lowest BCUT2D eigenvalue weighted by atomic mass is 10.2. The number of amides is 1. The highest BCUT2D eigenvalue weighted by Crippen LogP contribution is 2.35. The number of hydrogen-bond acceptors (Lipinski definition) is 7. The van der Waals surface area contributed by atoms with E-state index in [1.165, 1.54) is 21.1 Å². The summed E-state index contributed by atoms with van der Waals surface area (Å²) in [7, 11) is -3.70. The molecule has 0 spiro atoms. The van der Waals surface area contributed by atoms with Gasteiger partial charge < -0.3 is 20.9 Å². The monoisotopic (exact) mass is 418 g/mol. The summed E-state index contributed by atoms with van der Waals surface area (Å²) in [4.78, 5) is 29.1. The Morgan fingerprint density at radius 1 is 1.34 bits per heavy atom. The lowest BCUT2D eigenvalue weighted by Gasteiger charge is -2.29. The van der Waals surface area contributed by atoms with Crippen molar-refractivity contribution in [1.82, 2.24) is 19.2 Å². The molecule has 2 aromatic rings. The van der Waals surface area contributed by atoms with Gasteiger partial charge in [-0.15, -0.1) is 0 Å². The van der Waals surface area contributed by atoms with Crippen molar-refractivity contribution in [1.29, 1.82) is 0 Å². The van der Waals surface area contributed by atoms with Crippen molar-refractivity contribution in [2.24, 2.45) is 0 Å². The van der Waals surface area contributed by atoms with E-state index in [1.54, 1.807) is 19.1 Å². The highest BCUT2D eigenvalue weighted by atomic mass is 32.2. The number of fused-ring (bicyclic) bond motifs is 1. The molecule has 0 atom stereocenters. The van der Waals surface area contributed by atoms with Crippen molar-refractivity contribution in [3.8, 4) is 0 Å². The Balaban J connectivity index is 1.49. The van der Waals surface area contributed by atoms with E-state index in [4.69, 9.17) is 5.73 Å². The zero-order valence-corrected chi connectivity index (χ0v) is 16.7. The number of hydrogen-bond donors (Lipinski definition) is 3. The molecule has 1 aliphatic heterocycles. The number of carbonyl (C=O) groups excluding carboxylic acids is 1. The molecule has 0 unspecified atom stereocenters. The summed E-state index contributed by atoms with van der Waals surface area (Å²) in [6.07, 6.45) is 3.00. The second kappa shape index (κ2) is 7.16. The van der Waals surface area contributed by atoms with E-state index in [0.717, 1.165) is 18.4 Å². The predicted octanol–water partition coefficient (Wildman–Crippen LogP) is -0.0136. The van der Waals surface area contributed by atoms with Gasteiger partial charge in [-0.3, -0.25) is 9.59 Å². The smallest absolute Gasteiger partial charge is 0.275 e. The third-order valence-corrected chi connectivity index (χ3v) is 7.03. The summed E-state index contributed by atoms with van der Waals surface area (Å²) in [5, 5.41) is 5.64. The zero-order valence-electron chi connectivity index (χ0n) is 15.9. The van der Waals surface area contributed by atoms with Crippen molar-refractivity contribution in [2.75, 3.05) is 17.7 Å². The number of carbonyl (C=O) groups is 1. The molecule has 10 nitrogen and oxygen atoms in total. The van der Waals surface area contributed by atoms with Gasteiger partial charge in [0.15, 0.2) is 0 Å². The molecule has 2 aromatic heterocycles. The Morgan fingerprint density at radius 2 is 2.10 bits per heavy atom. The molecule has 1 fully saturated rings. The minimum absolute atomic E-state index is 0.000132. The lowest BCUT2D eigenvalue weighted by Crippen LogP contribution is -2.44. The van der Waals surface area contributed by atoms with Gasteiger partial charge in [0.2, 0.25) is 15.9 Å². The van der Waals surface area contributed by atoms with E-state index >= 15 is 0 Å². The van der Waals surface area contributed by atoms with Gasteiger partial charge >= 0.3 is 0 Å². The minimum atomic E-state index is -3.70. The second-order valence-electron chi connectivity index (χ2n) is 7.20. The normalized spacial score (nSPS) is 18.0.